The number of thioether (sulfide) groups is 1. The molecular weight excluding hydrogens is 252 g/mol. The Morgan fingerprint density at radius 2 is 2.06 bits per heavy atom. The number of hydrogen-bond acceptors (Lipinski definition) is 4. The minimum absolute atomic E-state index is 0.0456. The van der Waals surface area contributed by atoms with E-state index < -0.39 is 0 Å². The molecular formula is C12H12N2OS2. The topological polar surface area (TPSA) is 23.6 Å². The molecule has 0 aliphatic carbocycles. The van der Waals surface area contributed by atoms with Crippen LogP contribution < -0.4 is 0 Å². The molecule has 2 aliphatic rings. The average molecular weight is 264 g/mol. The van der Waals surface area contributed by atoms with E-state index in [1.807, 2.05) is 43.4 Å². The lowest BCUT2D eigenvalue weighted by atomic mass is 10.2. The number of carbonyl (C=O) groups is 1. The van der Waals surface area contributed by atoms with Crippen molar-refractivity contribution in [1.82, 2.24) is 9.80 Å². The van der Waals surface area contributed by atoms with Crippen molar-refractivity contribution in [3.63, 3.8) is 0 Å². The van der Waals surface area contributed by atoms with Gasteiger partial charge in [-0.1, -0.05) is 17.9 Å². The van der Waals surface area contributed by atoms with E-state index in [-0.39, 0.29) is 5.91 Å². The molecule has 5 heteroatoms. The fourth-order valence-corrected chi connectivity index (χ4v) is 2.78. The zero-order valence-electron chi connectivity index (χ0n) is 9.64. The Kier molecular flexibility index (Phi) is 3.52. The van der Waals surface area contributed by atoms with Gasteiger partial charge in [-0.3, -0.25) is 9.69 Å². The van der Waals surface area contributed by atoms with Crippen molar-refractivity contribution in [1.29, 1.82) is 0 Å². The van der Waals surface area contributed by atoms with Gasteiger partial charge in [0.1, 0.15) is 9.23 Å². The van der Waals surface area contributed by atoms with E-state index in [1.54, 1.807) is 4.90 Å². The van der Waals surface area contributed by atoms with Crippen LogP contribution in [0.2, 0.25) is 0 Å². The van der Waals surface area contributed by atoms with Gasteiger partial charge in [-0.15, -0.1) is 0 Å². The van der Waals surface area contributed by atoms with Crippen LogP contribution in [0.5, 0.6) is 0 Å². The first-order valence-corrected chi connectivity index (χ1v) is 6.47. The summed E-state index contributed by atoms with van der Waals surface area (Å²) in [6.07, 6.45) is 7.67. The maximum absolute atomic E-state index is 11.9. The Labute approximate surface area is 110 Å². The summed E-state index contributed by atoms with van der Waals surface area (Å²) in [7, 11) is 1.94. The zero-order chi connectivity index (χ0) is 12.4. The first kappa shape index (κ1) is 12.2. The smallest absolute Gasteiger partial charge is 0.274 e. The number of allylic oxidation sites excluding steroid dienone is 2. The molecule has 0 bridgehead atoms. The van der Waals surface area contributed by atoms with E-state index in [4.69, 9.17) is 12.2 Å². The molecule has 0 saturated carbocycles. The molecule has 2 rings (SSSR count). The highest BCUT2D eigenvalue weighted by Crippen LogP contribution is 2.30. The van der Waals surface area contributed by atoms with Crippen LogP contribution in [-0.4, -0.2) is 33.6 Å². The molecule has 0 aromatic carbocycles. The third-order valence-corrected chi connectivity index (χ3v) is 3.75. The Morgan fingerprint density at radius 1 is 1.41 bits per heavy atom. The second-order valence-corrected chi connectivity index (χ2v) is 5.27. The molecule has 0 spiro atoms. The van der Waals surface area contributed by atoms with Crippen molar-refractivity contribution in [3.8, 4) is 0 Å². The van der Waals surface area contributed by atoms with E-state index in [0.29, 0.717) is 15.8 Å². The van der Waals surface area contributed by atoms with Gasteiger partial charge in [0.15, 0.2) is 0 Å². The molecule has 0 N–H and O–H groups in total. The van der Waals surface area contributed by atoms with Crippen molar-refractivity contribution in [2.45, 2.75) is 6.92 Å². The zero-order valence-corrected chi connectivity index (χ0v) is 11.3. The lowest BCUT2D eigenvalue weighted by Gasteiger charge is -2.10. The van der Waals surface area contributed by atoms with Crippen LogP contribution >= 0.6 is 24.0 Å². The molecule has 1 amide bonds. The molecule has 1 saturated heterocycles. The molecule has 17 heavy (non-hydrogen) atoms. The van der Waals surface area contributed by atoms with Gasteiger partial charge in [-0.05, 0) is 30.8 Å². The predicted octanol–water partition coefficient (Wildman–Crippen LogP) is 2.25. The molecule has 2 aliphatic heterocycles. The molecule has 1 fully saturated rings. The highest BCUT2D eigenvalue weighted by molar-refractivity contribution is 8.26. The fraction of sp³-hybridized carbons (Fsp3) is 0.250. The first-order valence-electron chi connectivity index (χ1n) is 5.24. The summed E-state index contributed by atoms with van der Waals surface area (Å²) >= 11 is 6.45. The van der Waals surface area contributed by atoms with Crippen molar-refractivity contribution < 1.29 is 4.79 Å². The highest BCUT2D eigenvalue weighted by Gasteiger charge is 2.30. The molecule has 0 aromatic rings. The van der Waals surface area contributed by atoms with Gasteiger partial charge in [-0.25, -0.2) is 0 Å². The largest absolute Gasteiger partial charge is 0.357 e. The maximum Gasteiger partial charge on any atom is 0.274 e. The SMILES string of the molecule is CCN1C(=O)C(=C=C2C=CN(C)C=C2)SC1=S. The van der Waals surface area contributed by atoms with Crippen LogP contribution in [0.1, 0.15) is 6.92 Å². The van der Waals surface area contributed by atoms with Gasteiger partial charge < -0.3 is 4.90 Å². The Bertz CT molecular complexity index is 483. The van der Waals surface area contributed by atoms with Crippen LogP contribution in [0.25, 0.3) is 0 Å². The van der Waals surface area contributed by atoms with Crippen molar-refractivity contribution >= 4 is 34.2 Å². The van der Waals surface area contributed by atoms with E-state index >= 15 is 0 Å². The van der Waals surface area contributed by atoms with E-state index in [0.717, 1.165) is 5.57 Å². The average Bonchev–Trinajstić information content (AvgIpc) is 2.57. The number of nitrogens with zero attached hydrogens (tertiary/aromatic N) is 2. The summed E-state index contributed by atoms with van der Waals surface area (Å²) in [6.45, 7) is 2.52. The lowest BCUT2D eigenvalue weighted by molar-refractivity contribution is -0.122. The Balaban J connectivity index is 2.33. The number of carbonyl (C=O) groups excluding carboxylic acids is 1. The fourth-order valence-electron chi connectivity index (χ4n) is 1.46. The second-order valence-electron chi connectivity index (χ2n) is 3.62. The summed E-state index contributed by atoms with van der Waals surface area (Å²) in [5.74, 6) is -0.0456. The van der Waals surface area contributed by atoms with Crippen molar-refractivity contribution in [3.05, 3.63) is 40.8 Å². The van der Waals surface area contributed by atoms with Crippen LogP contribution in [0, 0.1) is 0 Å². The summed E-state index contributed by atoms with van der Waals surface area (Å²) < 4.78 is 0.612. The lowest BCUT2D eigenvalue weighted by Crippen LogP contribution is -2.27. The first-order chi connectivity index (χ1) is 8.11. The third-order valence-electron chi connectivity index (χ3n) is 2.40. The molecule has 3 nitrogen and oxygen atoms in total. The number of amides is 1. The molecule has 0 aromatic heterocycles. The van der Waals surface area contributed by atoms with Crippen LogP contribution in [0.15, 0.2) is 40.8 Å². The van der Waals surface area contributed by atoms with E-state index in [9.17, 15) is 4.79 Å². The van der Waals surface area contributed by atoms with Crippen molar-refractivity contribution in [2.75, 3.05) is 13.6 Å². The van der Waals surface area contributed by atoms with Crippen LogP contribution in [-0.2, 0) is 4.79 Å². The summed E-state index contributed by atoms with van der Waals surface area (Å²) in [5, 5.41) is 0. The number of thiocarbonyl (C=S) groups is 1. The van der Waals surface area contributed by atoms with E-state index in [2.05, 4.69) is 5.73 Å². The quantitative estimate of drug-likeness (QED) is 0.412. The molecule has 0 unspecified atom stereocenters. The van der Waals surface area contributed by atoms with Gasteiger partial charge in [0.25, 0.3) is 5.91 Å². The maximum atomic E-state index is 11.9. The van der Waals surface area contributed by atoms with Gasteiger partial charge >= 0.3 is 0 Å². The summed E-state index contributed by atoms with van der Waals surface area (Å²) in [5.41, 5.74) is 3.99. The molecule has 0 atom stereocenters. The van der Waals surface area contributed by atoms with Crippen molar-refractivity contribution in [2.24, 2.45) is 0 Å². The van der Waals surface area contributed by atoms with Gasteiger partial charge in [0.05, 0.1) is 0 Å². The molecule has 88 valence electrons. The second kappa shape index (κ2) is 4.92. The van der Waals surface area contributed by atoms with Crippen LogP contribution in [0.3, 0.4) is 0 Å². The monoisotopic (exact) mass is 264 g/mol. The van der Waals surface area contributed by atoms with Gasteiger partial charge in [0, 0.05) is 31.6 Å². The summed E-state index contributed by atoms with van der Waals surface area (Å²) in [6, 6.07) is 0. The normalized spacial score (nSPS) is 19.4. The molecule has 0 radical (unpaired) electrons. The summed E-state index contributed by atoms with van der Waals surface area (Å²) in [4.78, 5) is 16.0. The Morgan fingerprint density at radius 3 is 2.59 bits per heavy atom. The van der Waals surface area contributed by atoms with Gasteiger partial charge in [-0.2, -0.15) is 0 Å². The highest BCUT2D eigenvalue weighted by atomic mass is 32.2. The standard InChI is InChI=1S/C12H12N2OS2/c1-3-14-11(15)10(17-12(14)16)8-9-4-6-13(2)7-5-9/h4-7H,3H2,1-2H3. The van der Waals surface area contributed by atoms with Crippen LogP contribution in [0.4, 0.5) is 0 Å². The minimum Gasteiger partial charge on any atom is -0.357 e. The van der Waals surface area contributed by atoms with E-state index in [1.165, 1.54) is 11.8 Å². The number of likely N-dealkylation sites (N-methyl/N-ethyl adjacent to an activating group) is 1. The Hall–Kier alpha value is -1.29. The van der Waals surface area contributed by atoms with Gasteiger partial charge in [0.2, 0.25) is 0 Å². The minimum atomic E-state index is -0.0456. The third kappa shape index (κ3) is 2.52. The predicted molar refractivity (Wildman–Crippen MR) is 74.2 cm³/mol. The number of rotatable bonds is 1. The number of hydrogen-bond donors (Lipinski definition) is 0. The molecule has 2 heterocycles.